The number of rotatable bonds is 4. The molecule has 5 aromatic carbocycles. The second-order valence-electron chi connectivity index (χ2n) is 7.52. The fraction of sp³-hybridized carbons (Fsp3) is 0.0345. The van der Waals surface area contributed by atoms with Gasteiger partial charge in [0.1, 0.15) is 0 Å². The van der Waals surface area contributed by atoms with Crippen molar-refractivity contribution >= 4 is 22.1 Å². The lowest BCUT2D eigenvalue weighted by Gasteiger charge is -2.22. The Labute approximate surface area is 177 Å². The zero-order valence-electron chi connectivity index (χ0n) is 17.0. The molecule has 5 aromatic rings. The number of benzene rings is 5. The fourth-order valence-electron chi connectivity index (χ4n) is 4.10. The molecule has 0 heterocycles. The highest BCUT2D eigenvalue weighted by Crippen LogP contribution is 2.36. The molecule has 0 aliphatic rings. The summed E-state index contributed by atoms with van der Waals surface area (Å²) < 4.78 is 0. The molecule has 0 aromatic heterocycles. The lowest BCUT2D eigenvalue weighted by atomic mass is 9.97. The summed E-state index contributed by atoms with van der Waals surface area (Å²) in [6, 6.07) is 43.0. The monoisotopic (exact) mass is 385 g/mol. The van der Waals surface area contributed by atoms with Crippen LogP contribution in [0.15, 0.2) is 121 Å². The first kappa shape index (κ1) is 18.2. The summed E-state index contributed by atoms with van der Waals surface area (Å²) in [5, 5.41) is 2.53. The van der Waals surface area contributed by atoms with Crippen LogP contribution in [0.2, 0.25) is 0 Å². The van der Waals surface area contributed by atoms with E-state index in [1.54, 1.807) is 0 Å². The standard InChI is InChI=1S/C29H23N/c1-30(25-20-18-23(19-21-25)22-10-4-2-5-11-22)29-17-9-15-27-26(14-8-16-28(27)29)24-12-6-3-7-13-24/h2-21H,1H3. The Hall–Kier alpha value is -3.84. The van der Waals surface area contributed by atoms with Gasteiger partial charge in [0.25, 0.3) is 0 Å². The summed E-state index contributed by atoms with van der Waals surface area (Å²) >= 11 is 0. The van der Waals surface area contributed by atoms with E-state index in [-0.39, 0.29) is 0 Å². The average Bonchev–Trinajstić information content (AvgIpc) is 2.84. The summed E-state index contributed by atoms with van der Waals surface area (Å²) in [6.07, 6.45) is 0. The SMILES string of the molecule is CN(c1ccc(-c2ccccc2)cc1)c1cccc2c(-c3ccccc3)cccc12. The minimum absolute atomic E-state index is 1.17. The van der Waals surface area contributed by atoms with Crippen LogP contribution in [0.25, 0.3) is 33.0 Å². The molecule has 0 spiro atoms. The molecular weight excluding hydrogens is 362 g/mol. The minimum Gasteiger partial charge on any atom is -0.344 e. The molecule has 0 bridgehead atoms. The third-order valence-electron chi connectivity index (χ3n) is 5.71. The Morgan fingerprint density at radius 1 is 0.433 bits per heavy atom. The van der Waals surface area contributed by atoms with Gasteiger partial charge in [-0.1, -0.05) is 103 Å². The molecule has 1 heteroatoms. The summed E-state index contributed by atoms with van der Waals surface area (Å²) in [6.45, 7) is 0. The number of nitrogens with zero attached hydrogens (tertiary/aromatic N) is 1. The van der Waals surface area contributed by atoms with Gasteiger partial charge in [-0.05, 0) is 45.8 Å². The first-order valence-corrected chi connectivity index (χ1v) is 10.3. The van der Waals surface area contributed by atoms with E-state index < -0.39 is 0 Å². The number of hydrogen-bond acceptors (Lipinski definition) is 1. The van der Waals surface area contributed by atoms with Gasteiger partial charge in [0.2, 0.25) is 0 Å². The molecule has 0 aliphatic carbocycles. The Kier molecular flexibility index (Phi) is 4.78. The van der Waals surface area contributed by atoms with E-state index in [9.17, 15) is 0 Å². The normalized spacial score (nSPS) is 10.8. The highest BCUT2D eigenvalue weighted by Gasteiger charge is 2.11. The summed E-state index contributed by atoms with van der Waals surface area (Å²) in [5.41, 5.74) is 7.37. The van der Waals surface area contributed by atoms with Crippen LogP contribution in [0.3, 0.4) is 0 Å². The second kappa shape index (κ2) is 7.88. The molecule has 0 N–H and O–H groups in total. The predicted molar refractivity (Wildman–Crippen MR) is 129 cm³/mol. The van der Waals surface area contributed by atoms with E-state index in [4.69, 9.17) is 0 Å². The topological polar surface area (TPSA) is 3.24 Å². The van der Waals surface area contributed by atoms with Gasteiger partial charge in [-0.15, -0.1) is 0 Å². The lowest BCUT2D eigenvalue weighted by Crippen LogP contribution is -2.09. The van der Waals surface area contributed by atoms with Crippen molar-refractivity contribution in [3.63, 3.8) is 0 Å². The van der Waals surface area contributed by atoms with E-state index in [1.807, 2.05) is 0 Å². The van der Waals surface area contributed by atoms with Gasteiger partial charge < -0.3 is 4.90 Å². The molecule has 0 amide bonds. The largest absolute Gasteiger partial charge is 0.344 e. The molecule has 0 saturated carbocycles. The molecule has 0 atom stereocenters. The quantitative estimate of drug-likeness (QED) is 0.303. The van der Waals surface area contributed by atoms with Crippen LogP contribution < -0.4 is 4.90 Å². The Morgan fingerprint density at radius 2 is 1.00 bits per heavy atom. The number of fused-ring (bicyclic) bond motifs is 1. The Bertz CT molecular complexity index is 1270. The molecule has 30 heavy (non-hydrogen) atoms. The van der Waals surface area contributed by atoms with Crippen molar-refractivity contribution in [3.8, 4) is 22.3 Å². The molecular formula is C29H23N. The molecule has 0 saturated heterocycles. The van der Waals surface area contributed by atoms with Crippen molar-refractivity contribution in [1.82, 2.24) is 0 Å². The zero-order valence-corrected chi connectivity index (χ0v) is 17.0. The van der Waals surface area contributed by atoms with Gasteiger partial charge in [-0.3, -0.25) is 0 Å². The minimum atomic E-state index is 1.17. The van der Waals surface area contributed by atoms with Crippen LogP contribution >= 0.6 is 0 Å². The second-order valence-corrected chi connectivity index (χ2v) is 7.52. The van der Waals surface area contributed by atoms with Gasteiger partial charge >= 0.3 is 0 Å². The van der Waals surface area contributed by atoms with Crippen LogP contribution in [0, 0.1) is 0 Å². The van der Waals surface area contributed by atoms with Gasteiger partial charge in [-0.25, -0.2) is 0 Å². The van der Waals surface area contributed by atoms with Crippen molar-refractivity contribution in [3.05, 3.63) is 121 Å². The van der Waals surface area contributed by atoms with E-state index in [2.05, 4.69) is 133 Å². The molecule has 0 unspecified atom stereocenters. The molecule has 0 fully saturated rings. The van der Waals surface area contributed by atoms with Crippen molar-refractivity contribution in [2.24, 2.45) is 0 Å². The van der Waals surface area contributed by atoms with E-state index >= 15 is 0 Å². The summed E-state index contributed by atoms with van der Waals surface area (Å²) in [5.74, 6) is 0. The maximum absolute atomic E-state index is 2.27. The van der Waals surface area contributed by atoms with E-state index in [0.29, 0.717) is 0 Å². The van der Waals surface area contributed by atoms with Gasteiger partial charge in [0, 0.05) is 23.8 Å². The Morgan fingerprint density at radius 3 is 1.70 bits per heavy atom. The first-order valence-electron chi connectivity index (χ1n) is 10.3. The highest BCUT2D eigenvalue weighted by molar-refractivity contribution is 6.04. The molecule has 0 aliphatic heterocycles. The van der Waals surface area contributed by atoms with E-state index in [0.717, 1.165) is 0 Å². The van der Waals surface area contributed by atoms with Gasteiger partial charge in [0.15, 0.2) is 0 Å². The average molecular weight is 386 g/mol. The maximum atomic E-state index is 2.27. The van der Waals surface area contributed by atoms with Crippen LogP contribution in [-0.4, -0.2) is 7.05 Å². The predicted octanol–water partition coefficient (Wildman–Crippen LogP) is 7.94. The van der Waals surface area contributed by atoms with Crippen LogP contribution in [0.4, 0.5) is 11.4 Å². The zero-order chi connectivity index (χ0) is 20.3. The number of hydrogen-bond donors (Lipinski definition) is 0. The maximum Gasteiger partial charge on any atom is 0.0487 e. The fourth-order valence-corrected chi connectivity index (χ4v) is 4.10. The van der Waals surface area contributed by atoms with Crippen molar-refractivity contribution in [1.29, 1.82) is 0 Å². The van der Waals surface area contributed by atoms with Crippen molar-refractivity contribution in [2.75, 3.05) is 11.9 Å². The Balaban J connectivity index is 1.55. The van der Waals surface area contributed by atoms with Crippen molar-refractivity contribution < 1.29 is 0 Å². The molecule has 0 radical (unpaired) electrons. The third-order valence-corrected chi connectivity index (χ3v) is 5.71. The van der Waals surface area contributed by atoms with E-state index in [1.165, 1.54) is 44.4 Å². The van der Waals surface area contributed by atoms with Crippen LogP contribution in [-0.2, 0) is 0 Å². The number of anilines is 2. The first-order chi connectivity index (χ1) is 14.8. The van der Waals surface area contributed by atoms with Crippen LogP contribution in [0.1, 0.15) is 0 Å². The smallest absolute Gasteiger partial charge is 0.0487 e. The summed E-state index contributed by atoms with van der Waals surface area (Å²) in [7, 11) is 2.14. The van der Waals surface area contributed by atoms with Gasteiger partial charge in [0.05, 0.1) is 0 Å². The lowest BCUT2D eigenvalue weighted by molar-refractivity contribution is 1.22. The summed E-state index contributed by atoms with van der Waals surface area (Å²) in [4.78, 5) is 2.27. The van der Waals surface area contributed by atoms with Crippen LogP contribution in [0.5, 0.6) is 0 Å². The van der Waals surface area contributed by atoms with Crippen molar-refractivity contribution in [2.45, 2.75) is 0 Å². The molecule has 1 nitrogen and oxygen atoms in total. The van der Waals surface area contributed by atoms with Gasteiger partial charge in [-0.2, -0.15) is 0 Å². The third kappa shape index (κ3) is 3.35. The highest BCUT2D eigenvalue weighted by atomic mass is 15.1. The molecule has 144 valence electrons. The molecule has 5 rings (SSSR count).